The molecule has 0 aliphatic rings. The van der Waals surface area contributed by atoms with Crippen molar-refractivity contribution in [2.75, 3.05) is 6.61 Å². The Bertz CT molecular complexity index is 613. The second kappa shape index (κ2) is 8.64. The van der Waals surface area contributed by atoms with Gasteiger partial charge in [-0.05, 0) is 12.3 Å². The maximum atomic E-state index is 12.0. The number of hydrogen-bond donors (Lipinski definition) is 3. The van der Waals surface area contributed by atoms with E-state index in [9.17, 15) is 4.79 Å². The molecular weight excluding hydrogens is 310 g/mol. The Balaban J connectivity index is 1.86. The molecule has 2 rings (SSSR count). The van der Waals surface area contributed by atoms with Gasteiger partial charge >= 0.3 is 6.03 Å². The highest BCUT2D eigenvalue weighted by molar-refractivity contribution is 7.13. The Hall–Kier alpha value is -1.92. The zero-order chi connectivity index (χ0) is 16.7. The summed E-state index contributed by atoms with van der Waals surface area (Å²) < 4.78 is 0. The van der Waals surface area contributed by atoms with Gasteiger partial charge in [0.05, 0.1) is 12.2 Å². The Labute approximate surface area is 140 Å². The first-order valence-electron chi connectivity index (χ1n) is 7.75. The zero-order valence-electron chi connectivity index (χ0n) is 13.5. The van der Waals surface area contributed by atoms with Gasteiger partial charge in [-0.3, -0.25) is 0 Å². The summed E-state index contributed by atoms with van der Waals surface area (Å²) in [6.45, 7) is 4.50. The minimum Gasteiger partial charge on any atom is -0.396 e. The van der Waals surface area contributed by atoms with Crippen LogP contribution in [0.5, 0.6) is 0 Å². The van der Waals surface area contributed by atoms with Crippen molar-refractivity contribution in [3.8, 4) is 10.6 Å². The lowest BCUT2D eigenvalue weighted by atomic mass is 10.0. The highest BCUT2D eigenvalue weighted by atomic mass is 32.1. The molecule has 0 saturated carbocycles. The van der Waals surface area contributed by atoms with E-state index in [0.29, 0.717) is 13.0 Å². The Morgan fingerprint density at radius 2 is 2.04 bits per heavy atom. The normalized spacial score (nSPS) is 12.2. The van der Waals surface area contributed by atoms with E-state index in [1.807, 2.05) is 49.6 Å². The summed E-state index contributed by atoms with van der Waals surface area (Å²) in [7, 11) is 0. The van der Waals surface area contributed by atoms with Crippen LogP contribution in [0.25, 0.3) is 10.6 Å². The van der Waals surface area contributed by atoms with Gasteiger partial charge in [-0.2, -0.15) is 0 Å². The molecule has 1 heterocycles. The quantitative estimate of drug-likeness (QED) is 0.729. The Morgan fingerprint density at radius 3 is 2.70 bits per heavy atom. The number of benzene rings is 1. The number of aliphatic hydroxyl groups is 1. The maximum Gasteiger partial charge on any atom is 0.315 e. The third-order valence-electron chi connectivity index (χ3n) is 3.56. The fourth-order valence-electron chi connectivity index (χ4n) is 2.20. The van der Waals surface area contributed by atoms with Crippen LogP contribution in [-0.2, 0) is 6.54 Å². The number of thiazole rings is 1. The minimum absolute atomic E-state index is 0.0321. The Kier molecular flexibility index (Phi) is 6.55. The summed E-state index contributed by atoms with van der Waals surface area (Å²) in [5.41, 5.74) is 1.92. The van der Waals surface area contributed by atoms with E-state index in [2.05, 4.69) is 15.6 Å². The van der Waals surface area contributed by atoms with Gasteiger partial charge in [-0.1, -0.05) is 44.2 Å². The third-order valence-corrected chi connectivity index (χ3v) is 4.50. The summed E-state index contributed by atoms with van der Waals surface area (Å²) in [4.78, 5) is 16.5. The number of amides is 2. The smallest absolute Gasteiger partial charge is 0.315 e. The Morgan fingerprint density at radius 1 is 1.30 bits per heavy atom. The summed E-state index contributed by atoms with van der Waals surface area (Å²) in [5.74, 6) is 0.275. The van der Waals surface area contributed by atoms with Crippen LogP contribution in [0.4, 0.5) is 4.79 Å². The van der Waals surface area contributed by atoms with Crippen molar-refractivity contribution in [2.24, 2.45) is 5.92 Å². The highest BCUT2D eigenvalue weighted by Crippen LogP contribution is 2.23. The van der Waals surface area contributed by atoms with Crippen molar-refractivity contribution in [1.29, 1.82) is 0 Å². The standard InChI is InChI=1S/C17H23N3O2S/c1-12(2)15(8-9-21)20-17(22)18-10-14-11-23-16(19-14)13-6-4-3-5-7-13/h3-7,11-12,15,21H,8-10H2,1-2H3,(H2,18,20,22). The average Bonchev–Trinajstić information content (AvgIpc) is 3.02. The molecule has 1 aromatic carbocycles. The van der Waals surface area contributed by atoms with Crippen LogP contribution in [-0.4, -0.2) is 28.8 Å². The number of nitrogens with one attached hydrogen (secondary N) is 2. The van der Waals surface area contributed by atoms with E-state index < -0.39 is 0 Å². The predicted molar refractivity (Wildman–Crippen MR) is 93.3 cm³/mol. The summed E-state index contributed by atoms with van der Waals surface area (Å²) in [6.07, 6.45) is 0.555. The minimum atomic E-state index is -0.230. The first-order chi connectivity index (χ1) is 11.1. The summed E-state index contributed by atoms with van der Waals surface area (Å²) in [6, 6.07) is 9.71. The van der Waals surface area contributed by atoms with Crippen LogP contribution in [0.2, 0.25) is 0 Å². The van der Waals surface area contributed by atoms with Crippen LogP contribution < -0.4 is 10.6 Å². The van der Waals surface area contributed by atoms with Crippen molar-refractivity contribution in [3.05, 3.63) is 41.4 Å². The average molecular weight is 333 g/mol. The van der Waals surface area contributed by atoms with Gasteiger partial charge in [0, 0.05) is 23.6 Å². The van der Waals surface area contributed by atoms with Crippen LogP contribution >= 0.6 is 11.3 Å². The number of aliphatic hydroxyl groups excluding tert-OH is 1. The fourth-order valence-corrected chi connectivity index (χ4v) is 3.03. The zero-order valence-corrected chi connectivity index (χ0v) is 14.3. The largest absolute Gasteiger partial charge is 0.396 e. The van der Waals surface area contributed by atoms with Crippen molar-refractivity contribution in [1.82, 2.24) is 15.6 Å². The molecule has 5 nitrogen and oxygen atoms in total. The second-order valence-corrected chi connectivity index (χ2v) is 6.56. The number of nitrogens with zero attached hydrogens (tertiary/aromatic N) is 1. The summed E-state index contributed by atoms with van der Waals surface area (Å²) >= 11 is 1.57. The molecule has 3 N–H and O–H groups in total. The highest BCUT2D eigenvalue weighted by Gasteiger charge is 2.15. The molecule has 0 radical (unpaired) electrons. The monoisotopic (exact) mass is 333 g/mol. The van der Waals surface area contributed by atoms with Gasteiger partial charge in [-0.15, -0.1) is 11.3 Å². The molecule has 2 aromatic rings. The van der Waals surface area contributed by atoms with E-state index in [-0.39, 0.29) is 24.6 Å². The van der Waals surface area contributed by atoms with Crippen molar-refractivity contribution < 1.29 is 9.90 Å². The first kappa shape index (κ1) is 17.4. The number of carbonyl (C=O) groups is 1. The van der Waals surface area contributed by atoms with Crippen LogP contribution in [0.15, 0.2) is 35.7 Å². The molecule has 124 valence electrons. The molecule has 1 atom stereocenters. The topological polar surface area (TPSA) is 74.2 Å². The van der Waals surface area contributed by atoms with Gasteiger partial charge in [0.25, 0.3) is 0 Å². The lowest BCUT2D eigenvalue weighted by molar-refractivity contribution is 0.218. The molecule has 0 aliphatic heterocycles. The molecule has 0 bridgehead atoms. The van der Waals surface area contributed by atoms with Crippen molar-refractivity contribution in [3.63, 3.8) is 0 Å². The van der Waals surface area contributed by atoms with Gasteiger partial charge in [0.1, 0.15) is 5.01 Å². The molecule has 0 aliphatic carbocycles. The van der Waals surface area contributed by atoms with Gasteiger partial charge < -0.3 is 15.7 Å². The maximum absolute atomic E-state index is 12.0. The van der Waals surface area contributed by atoms with E-state index >= 15 is 0 Å². The van der Waals surface area contributed by atoms with Crippen molar-refractivity contribution in [2.45, 2.75) is 32.9 Å². The van der Waals surface area contributed by atoms with Crippen LogP contribution in [0, 0.1) is 5.92 Å². The van der Waals surface area contributed by atoms with E-state index in [1.165, 1.54) is 0 Å². The molecule has 1 unspecified atom stereocenters. The first-order valence-corrected chi connectivity index (χ1v) is 8.63. The SMILES string of the molecule is CC(C)C(CCO)NC(=O)NCc1csc(-c2ccccc2)n1. The lowest BCUT2D eigenvalue weighted by Gasteiger charge is -2.21. The molecule has 0 saturated heterocycles. The van der Waals surface area contributed by atoms with E-state index in [1.54, 1.807) is 11.3 Å². The molecule has 0 spiro atoms. The van der Waals surface area contributed by atoms with Gasteiger partial charge in [0.2, 0.25) is 0 Å². The van der Waals surface area contributed by atoms with Gasteiger partial charge in [-0.25, -0.2) is 9.78 Å². The molecule has 2 amide bonds. The molecule has 1 aromatic heterocycles. The second-order valence-electron chi connectivity index (χ2n) is 5.70. The fraction of sp³-hybridized carbons (Fsp3) is 0.412. The number of aromatic nitrogens is 1. The molecular formula is C17H23N3O2S. The number of urea groups is 1. The third kappa shape index (κ3) is 5.33. The number of carbonyl (C=O) groups excluding carboxylic acids is 1. The predicted octanol–water partition coefficient (Wildman–Crippen LogP) is 3.02. The van der Waals surface area contributed by atoms with E-state index in [4.69, 9.17) is 5.11 Å². The van der Waals surface area contributed by atoms with Crippen LogP contribution in [0.3, 0.4) is 0 Å². The molecule has 0 fully saturated rings. The van der Waals surface area contributed by atoms with Gasteiger partial charge in [0.15, 0.2) is 0 Å². The summed E-state index contributed by atoms with van der Waals surface area (Å²) in [5, 5.41) is 17.7. The number of hydrogen-bond acceptors (Lipinski definition) is 4. The molecule has 6 heteroatoms. The lowest BCUT2D eigenvalue weighted by Crippen LogP contribution is -2.44. The molecule has 23 heavy (non-hydrogen) atoms. The number of rotatable bonds is 7. The van der Waals surface area contributed by atoms with Crippen LogP contribution in [0.1, 0.15) is 26.0 Å². The van der Waals surface area contributed by atoms with E-state index in [0.717, 1.165) is 16.3 Å². The van der Waals surface area contributed by atoms with Crippen molar-refractivity contribution >= 4 is 17.4 Å².